The van der Waals surface area contributed by atoms with Crippen LogP contribution in [0.4, 0.5) is 0 Å². The van der Waals surface area contributed by atoms with E-state index in [0.29, 0.717) is 5.37 Å². The predicted molar refractivity (Wildman–Crippen MR) is 40.8 cm³/mol. The highest BCUT2D eigenvalue weighted by atomic mass is 32.2. The molecule has 0 saturated heterocycles. The maximum absolute atomic E-state index is 10.5. The number of ether oxygens (including phenoxy) is 1. The molecule has 0 saturated carbocycles. The fourth-order valence-corrected chi connectivity index (χ4v) is 0.587. The Morgan fingerprint density at radius 3 is 2.45 bits per heavy atom. The molecule has 0 spiro atoms. The SMILES string of the molecule is CC(C)COC(=O)C=S(=O)=O. The number of hydrogen-bond acceptors (Lipinski definition) is 4. The van der Waals surface area contributed by atoms with Gasteiger partial charge in [-0.2, -0.15) is 8.42 Å². The second-order valence-electron chi connectivity index (χ2n) is 2.40. The van der Waals surface area contributed by atoms with Gasteiger partial charge in [-0.25, -0.2) is 4.79 Å². The molecule has 0 aromatic rings. The van der Waals surface area contributed by atoms with Gasteiger partial charge in [0.15, 0.2) is 0 Å². The zero-order valence-electron chi connectivity index (χ0n) is 6.40. The average molecular weight is 178 g/mol. The minimum atomic E-state index is -2.46. The number of carbonyl (C=O) groups is 1. The van der Waals surface area contributed by atoms with Crippen LogP contribution < -0.4 is 0 Å². The summed E-state index contributed by atoms with van der Waals surface area (Å²) in [5.41, 5.74) is 0. The lowest BCUT2D eigenvalue weighted by atomic mass is 10.2. The Morgan fingerprint density at radius 2 is 2.09 bits per heavy atom. The molecule has 5 heteroatoms. The van der Waals surface area contributed by atoms with E-state index in [1.165, 1.54) is 0 Å². The molecule has 0 bridgehead atoms. The molecule has 0 aliphatic carbocycles. The van der Waals surface area contributed by atoms with Crippen molar-refractivity contribution in [2.75, 3.05) is 6.61 Å². The molecule has 0 aromatic carbocycles. The predicted octanol–water partition coefficient (Wildman–Crippen LogP) is -0.133. The van der Waals surface area contributed by atoms with Crippen molar-refractivity contribution in [2.45, 2.75) is 13.8 Å². The van der Waals surface area contributed by atoms with Crippen LogP contribution in [0.3, 0.4) is 0 Å². The lowest BCUT2D eigenvalue weighted by Crippen LogP contribution is -2.10. The summed E-state index contributed by atoms with van der Waals surface area (Å²) in [7, 11) is -2.46. The van der Waals surface area contributed by atoms with E-state index >= 15 is 0 Å². The summed E-state index contributed by atoms with van der Waals surface area (Å²) >= 11 is 0. The molecule has 0 N–H and O–H groups in total. The number of esters is 1. The average Bonchev–Trinajstić information content (AvgIpc) is 1.82. The molecule has 0 rings (SSSR count). The van der Waals surface area contributed by atoms with Crippen molar-refractivity contribution in [2.24, 2.45) is 5.92 Å². The van der Waals surface area contributed by atoms with Gasteiger partial charge in [0.25, 0.3) is 0 Å². The Hall–Kier alpha value is -0.840. The van der Waals surface area contributed by atoms with Crippen molar-refractivity contribution in [3.8, 4) is 0 Å². The van der Waals surface area contributed by atoms with Gasteiger partial charge in [0.1, 0.15) is 5.37 Å². The van der Waals surface area contributed by atoms with Crippen LogP contribution in [0.1, 0.15) is 13.8 Å². The minimum absolute atomic E-state index is 0.215. The highest BCUT2D eigenvalue weighted by molar-refractivity contribution is 7.73. The molecule has 0 atom stereocenters. The van der Waals surface area contributed by atoms with Gasteiger partial charge in [-0.05, 0) is 5.92 Å². The van der Waals surface area contributed by atoms with E-state index in [4.69, 9.17) is 0 Å². The van der Waals surface area contributed by atoms with Crippen molar-refractivity contribution in [1.29, 1.82) is 0 Å². The summed E-state index contributed by atoms with van der Waals surface area (Å²) in [6, 6.07) is 0. The maximum Gasteiger partial charge on any atom is 0.346 e. The van der Waals surface area contributed by atoms with E-state index in [2.05, 4.69) is 4.74 Å². The fraction of sp³-hybridized carbons (Fsp3) is 0.667. The smallest absolute Gasteiger partial charge is 0.346 e. The molecule has 11 heavy (non-hydrogen) atoms. The summed E-state index contributed by atoms with van der Waals surface area (Å²) < 4.78 is 24.3. The molecule has 0 aliphatic heterocycles. The van der Waals surface area contributed by atoms with Crippen LogP contribution in [0.2, 0.25) is 0 Å². The lowest BCUT2D eigenvalue weighted by Gasteiger charge is -2.02. The van der Waals surface area contributed by atoms with Crippen LogP contribution in [0, 0.1) is 5.92 Å². The van der Waals surface area contributed by atoms with Crippen LogP contribution >= 0.6 is 0 Å². The second-order valence-corrected chi connectivity index (χ2v) is 3.16. The first-order valence-electron chi connectivity index (χ1n) is 3.12. The van der Waals surface area contributed by atoms with Crippen molar-refractivity contribution in [3.05, 3.63) is 0 Å². The van der Waals surface area contributed by atoms with Crippen molar-refractivity contribution >= 4 is 21.6 Å². The van der Waals surface area contributed by atoms with E-state index in [1.54, 1.807) is 0 Å². The minimum Gasteiger partial charge on any atom is -0.462 e. The topological polar surface area (TPSA) is 60.4 Å². The third kappa shape index (κ3) is 7.05. The number of carbonyl (C=O) groups excluding carboxylic acids is 1. The van der Waals surface area contributed by atoms with Crippen LogP contribution in [-0.2, 0) is 19.8 Å². The third-order valence-corrected chi connectivity index (χ3v) is 1.14. The molecular weight excluding hydrogens is 168 g/mol. The first kappa shape index (κ1) is 10.2. The largest absolute Gasteiger partial charge is 0.462 e. The maximum atomic E-state index is 10.5. The highest BCUT2D eigenvalue weighted by Crippen LogP contribution is 1.91. The monoisotopic (exact) mass is 178 g/mol. The van der Waals surface area contributed by atoms with Crippen LogP contribution in [0.5, 0.6) is 0 Å². The normalized spacial score (nSPS) is 9.36. The van der Waals surface area contributed by atoms with Gasteiger partial charge >= 0.3 is 5.97 Å². The molecular formula is C6H10O4S. The molecule has 0 amide bonds. The van der Waals surface area contributed by atoms with Gasteiger partial charge in [-0.3, -0.25) is 0 Å². The van der Waals surface area contributed by atoms with Gasteiger partial charge in [0, 0.05) is 0 Å². The summed E-state index contributed by atoms with van der Waals surface area (Å²) in [6.45, 7) is 3.97. The molecule has 0 aliphatic rings. The van der Waals surface area contributed by atoms with Crippen molar-refractivity contribution in [1.82, 2.24) is 0 Å². The van der Waals surface area contributed by atoms with Crippen LogP contribution in [0.25, 0.3) is 0 Å². The van der Waals surface area contributed by atoms with Crippen molar-refractivity contribution < 1.29 is 17.9 Å². The summed E-state index contributed by atoms with van der Waals surface area (Å²) in [5, 5.41) is 0.502. The molecule has 0 unspecified atom stereocenters. The quantitative estimate of drug-likeness (QED) is 0.446. The molecule has 0 radical (unpaired) electrons. The molecule has 4 nitrogen and oxygen atoms in total. The Bertz CT molecular complexity index is 242. The van der Waals surface area contributed by atoms with Gasteiger partial charge in [-0.15, -0.1) is 0 Å². The highest BCUT2D eigenvalue weighted by Gasteiger charge is 1.99. The number of rotatable bonds is 3. The van der Waals surface area contributed by atoms with E-state index in [1.807, 2.05) is 13.8 Å². The summed E-state index contributed by atoms with van der Waals surface area (Å²) in [5.74, 6) is -0.598. The third-order valence-electron chi connectivity index (χ3n) is 0.751. The van der Waals surface area contributed by atoms with Crippen molar-refractivity contribution in [3.63, 3.8) is 0 Å². The summed E-state index contributed by atoms with van der Waals surface area (Å²) in [6.07, 6.45) is 0. The van der Waals surface area contributed by atoms with Crippen LogP contribution in [-0.4, -0.2) is 26.4 Å². The first-order chi connectivity index (χ1) is 5.02. The molecule has 64 valence electrons. The number of hydrogen-bond donors (Lipinski definition) is 0. The van der Waals surface area contributed by atoms with E-state index in [0.717, 1.165) is 0 Å². The van der Waals surface area contributed by atoms with Gasteiger partial charge in [0.2, 0.25) is 10.3 Å². The first-order valence-corrected chi connectivity index (χ1v) is 4.26. The standard InChI is InChI=1S/C6H10O4S/c1-5(2)3-10-6(7)4-11(8)9/h4-5H,3H2,1-2H3. The Morgan fingerprint density at radius 1 is 1.55 bits per heavy atom. The van der Waals surface area contributed by atoms with E-state index in [9.17, 15) is 13.2 Å². The van der Waals surface area contributed by atoms with Gasteiger partial charge in [-0.1, -0.05) is 13.8 Å². The molecule has 0 aromatic heterocycles. The van der Waals surface area contributed by atoms with Gasteiger partial charge in [0.05, 0.1) is 6.61 Å². The zero-order valence-corrected chi connectivity index (χ0v) is 7.22. The Balaban J connectivity index is 3.81. The van der Waals surface area contributed by atoms with Crippen LogP contribution in [0.15, 0.2) is 0 Å². The van der Waals surface area contributed by atoms with E-state index < -0.39 is 16.3 Å². The zero-order chi connectivity index (χ0) is 8.85. The Kier molecular flexibility index (Phi) is 4.52. The van der Waals surface area contributed by atoms with Gasteiger partial charge < -0.3 is 4.74 Å². The molecule has 0 fully saturated rings. The lowest BCUT2D eigenvalue weighted by molar-refractivity contribution is -0.135. The summed E-state index contributed by atoms with van der Waals surface area (Å²) in [4.78, 5) is 10.5. The second kappa shape index (κ2) is 4.90. The molecule has 0 heterocycles. The Labute approximate surface area is 66.7 Å². The van der Waals surface area contributed by atoms with E-state index in [-0.39, 0.29) is 12.5 Å². The fourth-order valence-electron chi connectivity index (χ4n) is 0.361.